The Morgan fingerprint density at radius 1 is 1.55 bits per heavy atom. The maximum absolute atomic E-state index is 2.43. The third-order valence-corrected chi connectivity index (χ3v) is 3.02. The molecule has 1 heteroatoms. The number of likely N-dealkylation sites (tertiary alicyclic amines) is 1. The van der Waals surface area contributed by atoms with Crippen molar-refractivity contribution >= 4 is 0 Å². The van der Waals surface area contributed by atoms with Crippen LogP contribution in [0.4, 0.5) is 0 Å². The second-order valence-electron chi connectivity index (χ2n) is 3.67. The smallest absolute Gasteiger partial charge is 0.0199 e. The molecule has 0 aromatic rings. The molecule has 0 amide bonds. The van der Waals surface area contributed by atoms with Crippen molar-refractivity contribution in [1.82, 2.24) is 4.90 Å². The zero-order chi connectivity index (χ0) is 7.84. The molecule has 1 heterocycles. The summed E-state index contributed by atoms with van der Waals surface area (Å²) in [6.07, 6.45) is 8.01. The molecule has 0 radical (unpaired) electrons. The van der Waals surface area contributed by atoms with Crippen LogP contribution in [-0.2, 0) is 0 Å². The van der Waals surface area contributed by atoms with Crippen molar-refractivity contribution in [2.45, 2.75) is 19.4 Å². The first-order valence-corrected chi connectivity index (χ1v) is 4.35. The summed E-state index contributed by atoms with van der Waals surface area (Å²) >= 11 is 0. The Morgan fingerprint density at radius 3 is 3.09 bits per heavy atom. The van der Waals surface area contributed by atoms with E-state index in [9.17, 15) is 0 Å². The van der Waals surface area contributed by atoms with Crippen LogP contribution in [0.2, 0.25) is 0 Å². The van der Waals surface area contributed by atoms with E-state index in [1.165, 1.54) is 13.0 Å². The SMILES string of the molecule is CC1C2CC=CC=C2CN1C. The Morgan fingerprint density at radius 2 is 2.36 bits per heavy atom. The molecule has 1 saturated heterocycles. The highest BCUT2D eigenvalue weighted by molar-refractivity contribution is 5.27. The van der Waals surface area contributed by atoms with Gasteiger partial charge in [-0.2, -0.15) is 0 Å². The lowest BCUT2D eigenvalue weighted by Gasteiger charge is -2.19. The molecule has 1 fully saturated rings. The summed E-state index contributed by atoms with van der Waals surface area (Å²) in [5.74, 6) is 0.810. The van der Waals surface area contributed by atoms with E-state index in [1.807, 2.05) is 0 Å². The van der Waals surface area contributed by atoms with Crippen molar-refractivity contribution < 1.29 is 0 Å². The minimum Gasteiger partial charge on any atom is -0.299 e. The molecule has 0 aromatic carbocycles. The molecule has 1 aliphatic heterocycles. The van der Waals surface area contributed by atoms with Gasteiger partial charge in [0.1, 0.15) is 0 Å². The van der Waals surface area contributed by atoms with Crippen LogP contribution >= 0.6 is 0 Å². The summed E-state index contributed by atoms with van der Waals surface area (Å²) in [5.41, 5.74) is 1.63. The Hall–Kier alpha value is -0.560. The van der Waals surface area contributed by atoms with Gasteiger partial charge in [-0.05, 0) is 20.4 Å². The summed E-state index contributed by atoms with van der Waals surface area (Å²) in [5, 5.41) is 0. The van der Waals surface area contributed by atoms with Crippen molar-refractivity contribution in [1.29, 1.82) is 0 Å². The highest BCUT2D eigenvalue weighted by Gasteiger charge is 2.31. The molecule has 11 heavy (non-hydrogen) atoms. The molecule has 0 N–H and O–H groups in total. The lowest BCUT2D eigenvalue weighted by molar-refractivity contribution is 0.293. The number of likely N-dealkylation sites (N-methyl/N-ethyl adjacent to an activating group) is 1. The first kappa shape index (κ1) is 7.11. The van der Waals surface area contributed by atoms with E-state index >= 15 is 0 Å². The first-order chi connectivity index (χ1) is 5.29. The van der Waals surface area contributed by atoms with Gasteiger partial charge in [-0.15, -0.1) is 0 Å². The molecule has 1 aliphatic carbocycles. The summed E-state index contributed by atoms with van der Waals surface area (Å²) in [6.45, 7) is 3.50. The number of rotatable bonds is 0. The highest BCUT2D eigenvalue weighted by Crippen LogP contribution is 2.32. The minimum absolute atomic E-state index is 0.742. The van der Waals surface area contributed by atoms with Crippen molar-refractivity contribution in [2.75, 3.05) is 13.6 Å². The maximum atomic E-state index is 2.43. The zero-order valence-corrected chi connectivity index (χ0v) is 7.25. The molecule has 0 aromatic heterocycles. The van der Waals surface area contributed by atoms with Gasteiger partial charge in [0.25, 0.3) is 0 Å². The first-order valence-electron chi connectivity index (χ1n) is 4.35. The highest BCUT2D eigenvalue weighted by atomic mass is 15.2. The molecular formula is C10H15N. The Kier molecular flexibility index (Phi) is 1.61. The maximum Gasteiger partial charge on any atom is 0.0199 e. The van der Waals surface area contributed by atoms with Crippen molar-refractivity contribution in [3.05, 3.63) is 23.8 Å². The second kappa shape index (κ2) is 2.49. The van der Waals surface area contributed by atoms with E-state index in [2.05, 4.69) is 37.1 Å². The fraction of sp³-hybridized carbons (Fsp3) is 0.600. The molecule has 2 rings (SSSR count). The molecule has 2 unspecified atom stereocenters. The van der Waals surface area contributed by atoms with Crippen LogP contribution in [0.3, 0.4) is 0 Å². The van der Waals surface area contributed by atoms with Gasteiger partial charge in [0.2, 0.25) is 0 Å². The zero-order valence-electron chi connectivity index (χ0n) is 7.25. The Labute approximate surface area is 68.4 Å². The largest absolute Gasteiger partial charge is 0.299 e. The van der Waals surface area contributed by atoms with Crippen LogP contribution in [0, 0.1) is 5.92 Å². The van der Waals surface area contributed by atoms with Gasteiger partial charge in [0.15, 0.2) is 0 Å². The number of nitrogens with zero attached hydrogens (tertiary/aromatic N) is 1. The van der Waals surface area contributed by atoms with E-state index in [4.69, 9.17) is 0 Å². The summed E-state index contributed by atoms with van der Waals surface area (Å²) in [7, 11) is 2.21. The monoisotopic (exact) mass is 149 g/mol. The number of fused-ring (bicyclic) bond motifs is 1. The molecule has 1 nitrogen and oxygen atoms in total. The normalized spacial score (nSPS) is 37.1. The van der Waals surface area contributed by atoms with Crippen LogP contribution in [0.1, 0.15) is 13.3 Å². The predicted octanol–water partition coefficient (Wildman–Crippen LogP) is 1.82. The van der Waals surface area contributed by atoms with E-state index in [0.29, 0.717) is 0 Å². The van der Waals surface area contributed by atoms with Gasteiger partial charge in [-0.3, -0.25) is 4.90 Å². The Balaban J connectivity index is 2.23. The van der Waals surface area contributed by atoms with Gasteiger partial charge in [0, 0.05) is 18.5 Å². The van der Waals surface area contributed by atoms with Crippen molar-refractivity contribution in [3.63, 3.8) is 0 Å². The molecule has 0 bridgehead atoms. The molecule has 0 saturated carbocycles. The fourth-order valence-electron chi connectivity index (χ4n) is 2.11. The quantitative estimate of drug-likeness (QED) is 0.508. The predicted molar refractivity (Wildman–Crippen MR) is 47.4 cm³/mol. The number of hydrogen-bond acceptors (Lipinski definition) is 1. The summed E-state index contributed by atoms with van der Waals surface area (Å²) in [6, 6.07) is 0.742. The van der Waals surface area contributed by atoms with Crippen LogP contribution < -0.4 is 0 Å². The van der Waals surface area contributed by atoms with Crippen LogP contribution in [0.5, 0.6) is 0 Å². The number of allylic oxidation sites excluding steroid dienone is 3. The third kappa shape index (κ3) is 1.04. The summed E-state index contributed by atoms with van der Waals surface area (Å²) in [4.78, 5) is 2.43. The van der Waals surface area contributed by atoms with Crippen molar-refractivity contribution in [3.8, 4) is 0 Å². The molecule has 2 atom stereocenters. The third-order valence-electron chi connectivity index (χ3n) is 3.02. The van der Waals surface area contributed by atoms with Gasteiger partial charge >= 0.3 is 0 Å². The summed E-state index contributed by atoms with van der Waals surface area (Å²) < 4.78 is 0. The standard InChI is InChI=1S/C10H15N/c1-8-10-6-4-3-5-9(10)7-11(8)2/h3-5,8,10H,6-7H2,1-2H3. The van der Waals surface area contributed by atoms with Crippen LogP contribution in [0.25, 0.3) is 0 Å². The molecule has 0 spiro atoms. The molecule has 2 aliphatic rings. The molecular weight excluding hydrogens is 134 g/mol. The van der Waals surface area contributed by atoms with Gasteiger partial charge in [-0.1, -0.05) is 23.8 Å². The van der Waals surface area contributed by atoms with E-state index < -0.39 is 0 Å². The lowest BCUT2D eigenvalue weighted by Crippen LogP contribution is -2.25. The van der Waals surface area contributed by atoms with Crippen LogP contribution in [-0.4, -0.2) is 24.5 Å². The van der Waals surface area contributed by atoms with Crippen LogP contribution in [0.15, 0.2) is 23.8 Å². The van der Waals surface area contributed by atoms with Gasteiger partial charge < -0.3 is 0 Å². The van der Waals surface area contributed by atoms with E-state index in [0.717, 1.165) is 12.0 Å². The fourth-order valence-corrected chi connectivity index (χ4v) is 2.11. The molecule has 60 valence electrons. The average Bonchev–Trinajstić information content (AvgIpc) is 2.30. The van der Waals surface area contributed by atoms with Gasteiger partial charge in [0.05, 0.1) is 0 Å². The van der Waals surface area contributed by atoms with Crippen molar-refractivity contribution in [2.24, 2.45) is 5.92 Å². The Bertz CT molecular complexity index is 215. The average molecular weight is 149 g/mol. The minimum atomic E-state index is 0.742. The topological polar surface area (TPSA) is 3.24 Å². The number of hydrogen-bond donors (Lipinski definition) is 0. The van der Waals surface area contributed by atoms with E-state index in [-0.39, 0.29) is 0 Å². The van der Waals surface area contributed by atoms with Gasteiger partial charge in [-0.25, -0.2) is 0 Å². The lowest BCUT2D eigenvalue weighted by atomic mass is 9.90. The van der Waals surface area contributed by atoms with E-state index in [1.54, 1.807) is 5.57 Å². The second-order valence-corrected chi connectivity index (χ2v) is 3.67.